The highest BCUT2D eigenvalue weighted by molar-refractivity contribution is 7.21. The first-order valence-corrected chi connectivity index (χ1v) is 13.9. The number of aliphatic hydroxyl groups is 2. The monoisotopic (exact) mass is 547 g/mol. The summed E-state index contributed by atoms with van der Waals surface area (Å²) in [5.74, 6) is -0.0308. The zero-order valence-electron chi connectivity index (χ0n) is 22.3. The first kappa shape index (κ1) is 26.9. The summed E-state index contributed by atoms with van der Waals surface area (Å²) in [5, 5.41) is 31.6. The quantitative estimate of drug-likeness (QED) is 0.223. The fraction of sp³-hybridized carbons (Fsp3) is 0.393. The van der Waals surface area contributed by atoms with E-state index in [2.05, 4.69) is 40.0 Å². The van der Waals surface area contributed by atoms with Gasteiger partial charge in [-0.2, -0.15) is 4.98 Å². The molecule has 5 atom stereocenters. The Kier molecular flexibility index (Phi) is 7.74. The van der Waals surface area contributed by atoms with E-state index in [0.29, 0.717) is 34.6 Å². The Morgan fingerprint density at radius 1 is 1.15 bits per heavy atom. The van der Waals surface area contributed by atoms with Gasteiger partial charge in [0.05, 0.1) is 46.3 Å². The number of rotatable bonds is 8. The second-order valence-electron chi connectivity index (χ2n) is 9.91. The molecule has 0 spiro atoms. The molecule has 0 aliphatic heterocycles. The summed E-state index contributed by atoms with van der Waals surface area (Å²) in [5.41, 5.74) is 4.40. The normalized spacial score (nSPS) is 21.6. The molecule has 5 rings (SSSR count). The number of aromatic nitrogens is 4. The summed E-state index contributed by atoms with van der Waals surface area (Å²) >= 11 is 1.49. The number of aryl methyl sites for hydroxylation is 2. The van der Waals surface area contributed by atoms with Crippen molar-refractivity contribution in [2.75, 3.05) is 17.2 Å². The Bertz CT molecular complexity index is 1460. The van der Waals surface area contributed by atoms with Crippen LogP contribution in [0.3, 0.4) is 0 Å². The molecule has 5 N–H and O–H groups in total. The van der Waals surface area contributed by atoms with Crippen molar-refractivity contribution in [3.05, 3.63) is 59.5 Å². The third-order valence-electron chi connectivity index (χ3n) is 7.18. The predicted octanol–water partition coefficient (Wildman–Crippen LogP) is 3.60. The van der Waals surface area contributed by atoms with Crippen LogP contribution in [0.15, 0.2) is 42.7 Å². The second kappa shape index (κ2) is 11.2. The van der Waals surface area contributed by atoms with Crippen LogP contribution >= 0.6 is 11.3 Å². The molecule has 204 valence electrons. The molecule has 39 heavy (non-hydrogen) atoms. The number of benzene rings is 1. The molecule has 1 saturated carbocycles. The maximum absolute atomic E-state index is 12.8. The third-order valence-corrected chi connectivity index (χ3v) is 8.23. The van der Waals surface area contributed by atoms with Crippen molar-refractivity contribution in [1.29, 1.82) is 0 Å². The molecule has 0 unspecified atom stereocenters. The van der Waals surface area contributed by atoms with Crippen LogP contribution in [0.4, 0.5) is 11.8 Å². The molecule has 1 aliphatic carbocycles. The second-order valence-corrected chi connectivity index (χ2v) is 10.9. The molecule has 1 amide bonds. The third kappa shape index (κ3) is 5.42. The first-order chi connectivity index (χ1) is 18.8. The first-order valence-electron chi connectivity index (χ1n) is 13.1. The number of aliphatic hydroxyl groups excluding tert-OH is 2. The van der Waals surface area contributed by atoms with Crippen LogP contribution in [0.5, 0.6) is 0 Å². The van der Waals surface area contributed by atoms with Gasteiger partial charge >= 0.3 is 0 Å². The number of hydrogen-bond donors (Lipinski definition) is 5. The minimum atomic E-state index is -1.15. The van der Waals surface area contributed by atoms with Gasteiger partial charge in [0.1, 0.15) is 22.4 Å². The van der Waals surface area contributed by atoms with Crippen LogP contribution in [0, 0.1) is 19.8 Å². The van der Waals surface area contributed by atoms with E-state index in [1.807, 2.05) is 39.0 Å². The van der Waals surface area contributed by atoms with Crippen LogP contribution in [0.25, 0.3) is 20.8 Å². The van der Waals surface area contributed by atoms with Crippen LogP contribution in [0.1, 0.15) is 43.1 Å². The molecule has 1 aliphatic rings. The smallest absolute Gasteiger partial charge is 0.225 e. The lowest BCUT2D eigenvalue weighted by atomic mass is 10.0. The fourth-order valence-electron chi connectivity index (χ4n) is 5.17. The highest BCUT2D eigenvalue weighted by Crippen LogP contribution is 2.38. The highest BCUT2D eigenvalue weighted by atomic mass is 32.1. The summed E-state index contributed by atoms with van der Waals surface area (Å²) in [4.78, 5) is 31.4. The van der Waals surface area contributed by atoms with Crippen molar-refractivity contribution in [3.8, 4) is 10.6 Å². The SMILES string of the molecule is CCNC(=O)[C@@H]1C[C@@H](O)[C@@H](O)[C@@H]1Nc1nc(N[C@H](C)c2ccccc2C)nc(C)c1-c1nc2cnccc2s1. The minimum absolute atomic E-state index is 0.0696. The van der Waals surface area contributed by atoms with Gasteiger partial charge in [0.15, 0.2) is 0 Å². The van der Waals surface area contributed by atoms with Crippen LogP contribution in [-0.2, 0) is 4.79 Å². The maximum Gasteiger partial charge on any atom is 0.225 e. The van der Waals surface area contributed by atoms with E-state index in [4.69, 9.17) is 15.0 Å². The standard InChI is InChI=1S/C28H33N7O3S/c1-5-30-26(38)18-12-20(36)24(37)23(18)34-25-22(27-33-19-13-29-11-10-21(19)39-27)16(4)32-28(35-25)31-15(3)17-9-7-6-8-14(17)2/h6-11,13,15,18,20,23-24,36-37H,5,12H2,1-4H3,(H,30,38)(H2,31,32,34,35)/t15-,18-,20-,23-,24-/m1/s1. The average molecular weight is 548 g/mol. The molecule has 11 heteroatoms. The predicted molar refractivity (Wildman–Crippen MR) is 153 cm³/mol. The number of hydrogen-bond acceptors (Lipinski definition) is 10. The maximum atomic E-state index is 12.8. The number of amides is 1. The lowest BCUT2D eigenvalue weighted by molar-refractivity contribution is -0.125. The van der Waals surface area contributed by atoms with E-state index in [1.165, 1.54) is 11.3 Å². The van der Waals surface area contributed by atoms with E-state index in [1.54, 1.807) is 12.4 Å². The molecule has 10 nitrogen and oxygen atoms in total. The molecule has 1 fully saturated rings. The van der Waals surface area contributed by atoms with E-state index >= 15 is 0 Å². The number of thiazole rings is 1. The highest BCUT2D eigenvalue weighted by Gasteiger charge is 2.45. The van der Waals surface area contributed by atoms with Crippen molar-refractivity contribution in [2.24, 2.45) is 5.92 Å². The van der Waals surface area contributed by atoms with Gasteiger partial charge in [-0.05, 0) is 51.3 Å². The molecule has 0 saturated heterocycles. The topological polar surface area (TPSA) is 145 Å². The molecule has 3 heterocycles. The average Bonchev–Trinajstić information content (AvgIpc) is 3.45. The van der Waals surface area contributed by atoms with Crippen molar-refractivity contribution in [3.63, 3.8) is 0 Å². The van der Waals surface area contributed by atoms with Gasteiger partial charge in [0.2, 0.25) is 11.9 Å². The summed E-state index contributed by atoms with van der Waals surface area (Å²) in [6.07, 6.45) is 1.39. The molecule has 3 aromatic heterocycles. The number of anilines is 2. The molecular formula is C28H33N7O3S. The minimum Gasteiger partial charge on any atom is -0.390 e. The van der Waals surface area contributed by atoms with Gasteiger partial charge in [0.25, 0.3) is 0 Å². The Balaban J connectivity index is 1.57. The number of pyridine rings is 1. The van der Waals surface area contributed by atoms with Gasteiger partial charge in [-0.3, -0.25) is 9.78 Å². The van der Waals surface area contributed by atoms with E-state index in [0.717, 1.165) is 21.3 Å². The van der Waals surface area contributed by atoms with Crippen LogP contribution in [0.2, 0.25) is 0 Å². The largest absolute Gasteiger partial charge is 0.390 e. The number of nitrogens with zero attached hydrogens (tertiary/aromatic N) is 4. The number of fused-ring (bicyclic) bond motifs is 1. The van der Waals surface area contributed by atoms with Gasteiger partial charge in [0, 0.05) is 12.7 Å². The molecule has 0 bridgehead atoms. The summed E-state index contributed by atoms with van der Waals surface area (Å²) < 4.78 is 0.970. The summed E-state index contributed by atoms with van der Waals surface area (Å²) in [6.45, 7) is 8.29. The lowest BCUT2D eigenvalue weighted by Crippen LogP contribution is -2.43. The Morgan fingerprint density at radius 3 is 2.69 bits per heavy atom. The Labute approximate surface area is 231 Å². The van der Waals surface area contributed by atoms with Crippen LogP contribution < -0.4 is 16.0 Å². The number of nitrogens with one attached hydrogen (secondary N) is 3. The summed E-state index contributed by atoms with van der Waals surface area (Å²) in [7, 11) is 0. The van der Waals surface area contributed by atoms with Crippen LogP contribution in [-0.4, -0.2) is 60.9 Å². The van der Waals surface area contributed by atoms with E-state index in [9.17, 15) is 15.0 Å². The van der Waals surface area contributed by atoms with Crippen molar-refractivity contribution in [2.45, 2.75) is 58.4 Å². The molecule has 0 radical (unpaired) electrons. The van der Waals surface area contributed by atoms with Crippen molar-refractivity contribution in [1.82, 2.24) is 25.3 Å². The molecule has 1 aromatic carbocycles. The Hall–Kier alpha value is -3.67. The Morgan fingerprint density at radius 2 is 1.95 bits per heavy atom. The van der Waals surface area contributed by atoms with E-state index in [-0.39, 0.29) is 18.4 Å². The zero-order valence-corrected chi connectivity index (χ0v) is 23.2. The van der Waals surface area contributed by atoms with Crippen molar-refractivity contribution >= 4 is 39.2 Å². The van der Waals surface area contributed by atoms with Gasteiger partial charge in [-0.1, -0.05) is 24.3 Å². The lowest BCUT2D eigenvalue weighted by Gasteiger charge is -2.25. The summed E-state index contributed by atoms with van der Waals surface area (Å²) in [6, 6.07) is 9.21. The van der Waals surface area contributed by atoms with E-state index < -0.39 is 24.2 Å². The van der Waals surface area contributed by atoms with Gasteiger partial charge in [-0.25, -0.2) is 9.97 Å². The fourth-order valence-corrected chi connectivity index (χ4v) is 6.20. The van der Waals surface area contributed by atoms with Gasteiger partial charge < -0.3 is 26.2 Å². The number of carbonyl (C=O) groups excluding carboxylic acids is 1. The zero-order chi connectivity index (χ0) is 27.7. The number of carbonyl (C=O) groups is 1. The molecular weight excluding hydrogens is 514 g/mol. The van der Waals surface area contributed by atoms with Gasteiger partial charge in [-0.15, -0.1) is 11.3 Å². The van der Waals surface area contributed by atoms with Crippen molar-refractivity contribution < 1.29 is 15.0 Å². The molecule has 4 aromatic rings.